The molecule has 0 amide bonds. The van der Waals surface area contributed by atoms with Gasteiger partial charge in [0.15, 0.2) is 11.5 Å². The minimum absolute atomic E-state index is 0.0355. The Labute approximate surface area is 92.1 Å². The molecule has 2 rings (SSSR count). The monoisotopic (exact) mass is 224 g/mol. The Kier molecular flexibility index (Phi) is 3.71. The van der Waals surface area contributed by atoms with Crippen molar-refractivity contribution in [2.24, 2.45) is 5.73 Å². The molecule has 16 heavy (non-hydrogen) atoms. The Hall–Kier alpha value is -2.24. The molecule has 6 nitrogen and oxygen atoms in total. The van der Waals surface area contributed by atoms with Gasteiger partial charge in [0.25, 0.3) is 5.97 Å². The summed E-state index contributed by atoms with van der Waals surface area (Å²) < 4.78 is 10.2. The van der Waals surface area contributed by atoms with E-state index >= 15 is 0 Å². The summed E-state index contributed by atoms with van der Waals surface area (Å²) in [5.74, 6) is 0.566. The van der Waals surface area contributed by atoms with Crippen molar-refractivity contribution in [2.45, 2.75) is 6.92 Å². The van der Waals surface area contributed by atoms with E-state index in [0.717, 1.165) is 6.92 Å². The van der Waals surface area contributed by atoms with Gasteiger partial charge in [-0.2, -0.15) is 0 Å². The van der Waals surface area contributed by atoms with E-state index in [2.05, 4.69) is 0 Å². The summed E-state index contributed by atoms with van der Waals surface area (Å²) in [6.07, 6.45) is 0. The van der Waals surface area contributed by atoms with Gasteiger partial charge in [0.1, 0.15) is 5.84 Å². The number of carbonyl (C=O) groups is 1. The van der Waals surface area contributed by atoms with Crippen molar-refractivity contribution in [3.05, 3.63) is 23.8 Å². The second kappa shape index (κ2) is 5.01. The van der Waals surface area contributed by atoms with Crippen LogP contribution < -0.4 is 15.2 Å². The van der Waals surface area contributed by atoms with Crippen LogP contribution in [0.4, 0.5) is 0 Å². The topological polar surface area (TPSA) is 106 Å². The Morgan fingerprint density at radius 1 is 1.44 bits per heavy atom. The van der Waals surface area contributed by atoms with Crippen LogP contribution in [0.25, 0.3) is 0 Å². The number of aliphatic carboxylic acids is 1. The molecule has 0 saturated heterocycles. The van der Waals surface area contributed by atoms with E-state index in [1.54, 1.807) is 18.2 Å². The zero-order chi connectivity index (χ0) is 12.1. The molecule has 1 aromatic rings. The van der Waals surface area contributed by atoms with Crippen LogP contribution in [0.3, 0.4) is 0 Å². The summed E-state index contributed by atoms with van der Waals surface area (Å²) in [6, 6.07) is 5.18. The van der Waals surface area contributed by atoms with Gasteiger partial charge in [-0.05, 0) is 18.2 Å². The molecule has 0 bridgehead atoms. The van der Waals surface area contributed by atoms with Crippen molar-refractivity contribution in [1.29, 1.82) is 5.41 Å². The van der Waals surface area contributed by atoms with Crippen molar-refractivity contribution in [1.82, 2.24) is 0 Å². The zero-order valence-corrected chi connectivity index (χ0v) is 8.69. The first kappa shape index (κ1) is 11.8. The number of hydrogen-bond acceptors (Lipinski definition) is 4. The van der Waals surface area contributed by atoms with Gasteiger partial charge in [-0.3, -0.25) is 10.2 Å². The Morgan fingerprint density at radius 2 is 2.00 bits per heavy atom. The van der Waals surface area contributed by atoms with Crippen LogP contribution in [0.1, 0.15) is 12.5 Å². The van der Waals surface area contributed by atoms with Crippen LogP contribution in [-0.4, -0.2) is 23.7 Å². The van der Waals surface area contributed by atoms with Gasteiger partial charge in [0.2, 0.25) is 6.79 Å². The lowest BCUT2D eigenvalue weighted by Gasteiger charge is -1.99. The summed E-state index contributed by atoms with van der Waals surface area (Å²) >= 11 is 0. The third kappa shape index (κ3) is 3.16. The van der Waals surface area contributed by atoms with Gasteiger partial charge < -0.3 is 20.3 Å². The Morgan fingerprint density at radius 3 is 2.56 bits per heavy atom. The van der Waals surface area contributed by atoms with Crippen LogP contribution in [0.2, 0.25) is 0 Å². The lowest BCUT2D eigenvalue weighted by atomic mass is 10.2. The van der Waals surface area contributed by atoms with Crippen molar-refractivity contribution < 1.29 is 19.4 Å². The number of fused-ring (bicyclic) bond motifs is 1. The number of nitrogens with one attached hydrogen (secondary N) is 1. The Balaban J connectivity index is 0.000000280. The van der Waals surface area contributed by atoms with Gasteiger partial charge in [-0.25, -0.2) is 0 Å². The van der Waals surface area contributed by atoms with Crippen LogP contribution >= 0.6 is 0 Å². The van der Waals surface area contributed by atoms with Crippen LogP contribution in [0.15, 0.2) is 18.2 Å². The van der Waals surface area contributed by atoms with Crippen molar-refractivity contribution >= 4 is 11.8 Å². The summed E-state index contributed by atoms with van der Waals surface area (Å²) in [7, 11) is 0. The summed E-state index contributed by atoms with van der Waals surface area (Å²) in [5.41, 5.74) is 5.95. The lowest BCUT2D eigenvalue weighted by molar-refractivity contribution is -0.134. The maximum atomic E-state index is 9.00. The van der Waals surface area contributed by atoms with Crippen molar-refractivity contribution in [2.75, 3.05) is 6.79 Å². The largest absolute Gasteiger partial charge is 0.481 e. The molecular weight excluding hydrogens is 212 g/mol. The maximum Gasteiger partial charge on any atom is 0.300 e. The minimum Gasteiger partial charge on any atom is -0.481 e. The van der Waals surface area contributed by atoms with Crippen molar-refractivity contribution in [3.8, 4) is 11.5 Å². The molecule has 0 radical (unpaired) electrons. The first-order chi connectivity index (χ1) is 7.50. The lowest BCUT2D eigenvalue weighted by Crippen LogP contribution is -2.10. The van der Waals surface area contributed by atoms with E-state index in [0.29, 0.717) is 17.1 Å². The van der Waals surface area contributed by atoms with E-state index in [9.17, 15) is 0 Å². The molecule has 1 aliphatic heterocycles. The molecule has 86 valence electrons. The fourth-order valence-electron chi connectivity index (χ4n) is 1.06. The van der Waals surface area contributed by atoms with Gasteiger partial charge in [-0.15, -0.1) is 0 Å². The molecule has 1 aromatic carbocycles. The smallest absolute Gasteiger partial charge is 0.300 e. The highest BCUT2D eigenvalue weighted by molar-refractivity contribution is 5.95. The van der Waals surface area contributed by atoms with Gasteiger partial charge in [0.05, 0.1) is 0 Å². The predicted octanol–water partition coefficient (Wildman–Crippen LogP) is 0.790. The van der Waals surface area contributed by atoms with Gasteiger partial charge in [0, 0.05) is 12.5 Å². The molecule has 0 aromatic heterocycles. The SMILES string of the molecule is CC(=O)O.N=C(N)c1ccc2c(c1)OCO2. The number of amidine groups is 1. The molecule has 0 atom stereocenters. The predicted molar refractivity (Wildman–Crippen MR) is 56.9 cm³/mol. The van der Waals surface area contributed by atoms with Gasteiger partial charge >= 0.3 is 0 Å². The number of benzene rings is 1. The summed E-state index contributed by atoms with van der Waals surface area (Å²) in [6.45, 7) is 1.33. The second-order valence-corrected chi connectivity index (χ2v) is 3.00. The first-order valence-electron chi connectivity index (χ1n) is 4.44. The van der Waals surface area contributed by atoms with E-state index < -0.39 is 5.97 Å². The number of rotatable bonds is 1. The van der Waals surface area contributed by atoms with E-state index in [1.165, 1.54) is 0 Å². The third-order valence-electron chi connectivity index (χ3n) is 1.68. The van der Waals surface area contributed by atoms with Crippen LogP contribution in [0.5, 0.6) is 11.5 Å². The third-order valence-corrected chi connectivity index (χ3v) is 1.68. The molecular formula is C10H12N2O4. The zero-order valence-electron chi connectivity index (χ0n) is 8.69. The standard InChI is InChI=1S/C8H8N2O2.C2H4O2/c9-8(10)5-1-2-6-7(3-5)12-4-11-6;1-2(3)4/h1-3H,4H2,(H3,9,10);1H3,(H,3,4). The molecule has 0 saturated carbocycles. The van der Waals surface area contributed by atoms with Crippen LogP contribution in [0, 0.1) is 5.41 Å². The van der Waals surface area contributed by atoms with Crippen molar-refractivity contribution in [3.63, 3.8) is 0 Å². The summed E-state index contributed by atoms with van der Waals surface area (Å²) in [5, 5.41) is 14.6. The molecule has 0 unspecified atom stereocenters. The summed E-state index contributed by atoms with van der Waals surface area (Å²) in [4.78, 5) is 9.00. The number of ether oxygens (including phenoxy) is 2. The molecule has 1 heterocycles. The fourth-order valence-corrected chi connectivity index (χ4v) is 1.06. The highest BCUT2D eigenvalue weighted by Gasteiger charge is 2.13. The highest BCUT2D eigenvalue weighted by Crippen LogP contribution is 2.32. The molecule has 1 aliphatic rings. The number of hydrogen-bond donors (Lipinski definition) is 3. The van der Waals surface area contributed by atoms with Gasteiger partial charge in [-0.1, -0.05) is 0 Å². The molecule has 0 spiro atoms. The average molecular weight is 224 g/mol. The van der Waals surface area contributed by atoms with E-state index in [1.807, 2.05) is 0 Å². The average Bonchev–Trinajstić information content (AvgIpc) is 2.62. The minimum atomic E-state index is -0.833. The Bertz CT molecular complexity index is 413. The van der Waals surface area contributed by atoms with Crippen LogP contribution in [-0.2, 0) is 4.79 Å². The number of carboxylic acid groups (broad SMARTS) is 1. The fraction of sp³-hybridized carbons (Fsp3) is 0.200. The number of nitrogen functional groups attached to an aromatic ring is 1. The maximum absolute atomic E-state index is 9.00. The molecule has 6 heteroatoms. The first-order valence-corrected chi connectivity index (χ1v) is 4.44. The molecule has 0 aliphatic carbocycles. The number of nitrogens with two attached hydrogens (primary N) is 1. The molecule has 0 fully saturated rings. The highest BCUT2D eigenvalue weighted by atomic mass is 16.7. The number of carboxylic acids is 1. The quantitative estimate of drug-likeness (QED) is 0.483. The second-order valence-electron chi connectivity index (χ2n) is 3.00. The normalized spacial score (nSPS) is 11.3. The van der Waals surface area contributed by atoms with E-state index in [-0.39, 0.29) is 12.6 Å². The van der Waals surface area contributed by atoms with E-state index in [4.69, 9.17) is 30.5 Å². The molecule has 4 N–H and O–H groups in total.